The molecule has 1 saturated heterocycles. The Balaban J connectivity index is 1.17. The Hall–Kier alpha value is -3.38. The normalized spacial score (nSPS) is 15.3. The molecule has 0 aliphatic carbocycles. The number of aryl methyl sites for hydroxylation is 1. The number of nitrogens with zero attached hydrogens (tertiary/aromatic N) is 3. The molecule has 2 aromatic heterocycles. The molecule has 0 radical (unpaired) electrons. The molecule has 5 rings (SSSR count). The fourth-order valence-electron chi connectivity index (χ4n) is 4.48. The standard InChI is InChI=1S/C26H28N4O2/c1-29-15-22-21-9-5-6-10-24(21)28-26(23(22)16-29)32-18-19-11-13-30(14-12-19)17-25(31)27-20-7-3-2-4-8-20/h2-10,15-16,19H,11-14,17-18H2,1H3,(H,27,31). The summed E-state index contributed by atoms with van der Waals surface area (Å²) in [6.07, 6.45) is 6.25. The van der Waals surface area contributed by atoms with Crippen LogP contribution in [0.5, 0.6) is 5.88 Å². The Labute approximate surface area is 187 Å². The van der Waals surface area contributed by atoms with E-state index in [2.05, 4.69) is 33.2 Å². The maximum atomic E-state index is 12.3. The third-order valence-corrected chi connectivity index (χ3v) is 6.19. The zero-order valence-electron chi connectivity index (χ0n) is 18.3. The number of pyridine rings is 1. The van der Waals surface area contributed by atoms with E-state index < -0.39 is 0 Å². The Bertz CT molecular complexity index is 1230. The number of amides is 1. The first kappa shape index (κ1) is 20.5. The number of benzene rings is 2. The molecule has 2 aromatic carbocycles. The van der Waals surface area contributed by atoms with Crippen LogP contribution < -0.4 is 10.1 Å². The van der Waals surface area contributed by atoms with Crippen LogP contribution in [0.2, 0.25) is 0 Å². The number of nitrogens with one attached hydrogen (secondary N) is 1. The van der Waals surface area contributed by atoms with Gasteiger partial charge < -0.3 is 14.6 Å². The summed E-state index contributed by atoms with van der Waals surface area (Å²) in [6.45, 7) is 2.89. The Morgan fingerprint density at radius 1 is 1.00 bits per heavy atom. The zero-order valence-corrected chi connectivity index (χ0v) is 18.3. The van der Waals surface area contributed by atoms with E-state index in [1.165, 1.54) is 5.39 Å². The van der Waals surface area contributed by atoms with Crippen molar-refractivity contribution in [3.05, 3.63) is 67.0 Å². The molecule has 6 heteroatoms. The van der Waals surface area contributed by atoms with Gasteiger partial charge in [0.05, 0.1) is 24.1 Å². The number of anilines is 1. The van der Waals surface area contributed by atoms with E-state index in [4.69, 9.17) is 9.72 Å². The Morgan fingerprint density at radius 3 is 2.53 bits per heavy atom. The highest BCUT2D eigenvalue weighted by Crippen LogP contribution is 2.32. The van der Waals surface area contributed by atoms with Gasteiger partial charge in [0.15, 0.2) is 0 Å². The third-order valence-electron chi connectivity index (χ3n) is 6.19. The number of piperidine rings is 1. The van der Waals surface area contributed by atoms with Crippen molar-refractivity contribution in [2.45, 2.75) is 12.8 Å². The van der Waals surface area contributed by atoms with E-state index in [0.29, 0.717) is 24.9 Å². The highest BCUT2D eigenvalue weighted by molar-refractivity contribution is 6.07. The number of ether oxygens (including phenoxy) is 1. The van der Waals surface area contributed by atoms with Crippen molar-refractivity contribution in [2.75, 3.05) is 31.6 Å². The Kier molecular flexibility index (Phi) is 5.77. The van der Waals surface area contributed by atoms with Gasteiger partial charge in [0.25, 0.3) is 0 Å². The van der Waals surface area contributed by atoms with Crippen LogP contribution in [0.3, 0.4) is 0 Å². The van der Waals surface area contributed by atoms with Gasteiger partial charge in [-0.05, 0) is 50.0 Å². The first-order chi connectivity index (χ1) is 15.7. The molecular weight excluding hydrogens is 400 g/mol. The van der Waals surface area contributed by atoms with Crippen molar-refractivity contribution >= 4 is 33.3 Å². The molecule has 164 valence electrons. The molecule has 0 spiro atoms. The quantitative estimate of drug-likeness (QED) is 0.493. The first-order valence-electron chi connectivity index (χ1n) is 11.2. The number of hydrogen-bond acceptors (Lipinski definition) is 4. The summed E-state index contributed by atoms with van der Waals surface area (Å²) in [5.74, 6) is 1.22. The molecule has 1 aliphatic rings. The van der Waals surface area contributed by atoms with Crippen molar-refractivity contribution in [3.63, 3.8) is 0 Å². The van der Waals surface area contributed by atoms with Gasteiger partial charge >= 0.3 is 0 Å². The molecule has 32 heavy (non-hydrogen) atoms. The van der Waals surface area contributed by atoms with Crippen molar-refractivity contribution < 1.29 is 9.53 Å². The maximum absolute atomic E-state index is 12.3. The molecule has 1 amide bonds. The average Bonchev–Trinajstić information content (AvgIpc) is 3.21. The number of fused-ring (bicyclic) bond motifs is 3. The second-order valence-corrected chi connectivity index (χ2v) is 8.63. The highest BCUT2D eigenvalue weighted by atomic mass is 16.5. The number of likely N-dealkylation sites (tertiary alicyclic amines) is 1. The van der Waals surface area contributed by atoms with Gasteiger partial charge in [-0.3, -0.25) is 9.69 Å². The van der Waals surface area contributed by atoms with Crippen molar-refractivity contribution in [1.82, 2.24) is 14.5 Å². The van der Waals surface area contributed by atoms with Crippen LogP contribution in [0.25, 0.3) is 21.7 Å². The minimum absolute atomic E-state index is 0.0396. The monoisotopic (exact) mass is 428 g/mol. The van der Waals surface area contributed by atoms with Crippen LogP contribution in [-0.4, -0.2) is 46.6 Å². The lowest BCUT2D eigenvalue weighted by Crippen LogP contribution is -2.40. The molecule has 1 fully saturated rings. The SMILES string of the molecule is Cn1cc2c(OCC3CCN(CC(=O)Nc4ccccc4)CC3)nc3ccccc3c2c1. The van der Waals surface area contributed by atoms with Gasteiger partial charge in [-0.2, -0.15) is 0 Å². The first-order valence-corrected chi connectivity index (χ1v) is 11.2. The molecular formula is C26H28N4O2. The highest BCUT2D eigenvalue weighted by Gasteiger charge is 2.22. The van der Waals surface area contributed by atoms with Gasteiger partial charge in [-0.15, -0.1) is 0 Å². The van der Waals surface area contributed by atoms with Crippen LogP contribution in [0.1, 0.15) is 12.8 Å². The fourth-order valence-corrected chi connectivity index (χ4v) is 4.48. The molecule has 1 aliphatic heterocycles. The lowest BCUT2D eigenvalue weighted by Gasteiger charge is -2.31. The Morgan fingerprint density at radius 2 is 1.72 bits per heavy atom. The minimum atomic E-state index is 0.0396. The van der Waals surface area contributed by atoms with Crippen LogP contribution in [0, 0.1) is 5.92 Å². The fraction of sp³-hybridized carbons (Fsp3) is 0.308. The zero-order chi connectivity index (χ0) is 21.9. The smallest absolute Gasteiger partial charge is 0.238 e. The predicted molar refractivity (Wildman–Crippen MR) is 128 cm³/mol. The predicted octanol–water partition coefficient (Wildman–Crippen LogP) is 4.46. The number of carbonyl (C=O) groups is 1. The summed E-state index contributed by atoms with van der Waals surface area (Å²) < 4.78 is 8.31. The largest absolute Gasteiger partial charge is 0.477 e. The summed E-state index contributed by atoms with van der Waals surface area (Å²) in [5, 5.41) is 6.35. The van der Waals surface area contributed by atoms with E-state index >= 15 is 0 Å². The van der Waals surface area contributed by atoms with Crippen LogP contribution in [-0.2, 0) is 11.8 Å². The van der Waals surface area contributed by atoms with Crippen LogP contribution in [0.15, 0.2) is 67.0 Å². The molecule has 6 nitrogen and oxygen atoms in total. The van der Waals surface area contributed by atoms with Gasteiger partial charge in [-0.25, -0.2) is 4.98 Å². The molecule has 1 N–H and O–H groups in total. The summed E-state index contributed by atoms with van der Waals surface area (Å²) in [7, 11) is 2.03. The van der Waals surface area contributed by atoms with E-state index in [1.54, 1.807) is 0 Å². The second-order valence-electron chi connectivity index (χ2n) is 8.63. The number of carbonyl (C=O) groups excluding carboxylic acids is 1. The molecule has 0 unspecified atom stereocenters. The molecule has 0 atom stereocenters. The van der Waals surface area contributed by atoms with E-state index in [-0.39, 0.29) is 5.91 Å². The second kappa shape index (κ2) is 9.01. The van der Waals surface area contributed by atoms with E-state index in [0.717, 1.165) is 47.9 Å². The topological polar surface area (TPSA) is 59.4 Å². The summed E-state index contributed by atoms with van der Waals surface area (Å²) >= 11 is 0. The lowest BCUT2D eigenvalue weighted by molar-refractivity contribution is -0.117. The average molecular weight is 429 g/mol. The van der Waals surface area contributed by atoms with E-state index in [1.807, 2.05) is 55.6 Å². The number of rotatable bonds is 6. The van der Waals surface area contributed by atoms with Gasteiger partial charge in [0.2, 0.25) is 11.8 Å². The van der Waals surface area contributed by atoms with Crippen molar-refractivity contribution in [2.24, 2.45) is 13.0 Å². The number of para-hydroxylation sites is 2. The summed E-state index contributed by atoms with van der Waals surface area (Å²) in [5.41, 5.74) is 1.80. The minimum Gasteiger partial charge on any atom is -0.477 e. The van der Waals surface area contributed by atoms with Gasteiger partial charge in [0, 0.05) is 35.9 Å². The molecule has 3 heterocycles. The summed E-state index contributed by atoms with van der Waals surface area (Å²) in [4.78, 5) is 19.3. The molecule has 4 aromatic rings. The third kappa shape index (κ3) is 4.46. The van der Waals surface area contributed by atoms with Gasteiger partial charge in [0.1, 0.15) is 0 Å². The molecule has 0 bridgehead atoms. The maximum Gasteiger partial charge on any atom is 0.238 e. The lowest BCUT2D eigenvalue weighted by atomic mass is 9.98. The van der Waals surface area contributed by atoms with Crippen molar-refractivity contribution in [1.29, 1.82) is 0 Å². The van der Waals surface area contributed by atoms with E-state index in [9.17, 15) is 4.79 Å². The van der Waals surface area contributed by atoms with Crippen LogP contribution in [0.4, 0.5) is 5.69 Å². The van der Waals surface area contributed by atoms with Crippen LogP contribution >= 0.6 is 0 Å². The number of aromatic nitrogens is 2. The number of hydrogen-bond donors (Lipinski definition) is 1. The van der Waals surface area contributed by atoms with Crippen molar-refractivity contribution in [3.8, 4) is 5.88 Å². The molecule has 0 saturated carbocycles. The summed E-state index contributed by atoms with van der Waals surface area (Å²) in [6, 6.07) is 17.8. The van der Waals surface area contributed by atoms with Gasteiger partial charge in [-0.1, -0.05) is 36.4 Å².